The van der Waals surface area contributed by atoms with Gasteiger partial charge in [0.1, 0.15) is 0 Å². The molecule has 164 valence electrons. The van der Waals surface area contributed by atoms with Crippen LogP contribution in [-0.2, 0) is 0 Å². The van der Waals surface area contributed by atoms with Gasteiger partial charge in [-0.25, -0.2) is 0 Å². The van der Waals surface area contributed by atoms with Crippen molar-refractivity contribution in [2.75, 3.05) is 0 Å². The third kappa shape index (κ3) is 5.07. The lowest BCUT2D eigenvalue weighted by Gasteiger charge is -2.44. The predicted octanol–water partition coefficient (Wildman–Crippen LogP) is 6.59. The van der Waals surface area contributed by atoms with E-state index in [1.165, 1.54) is 51.4 Å². The van der Waals surface area contributed by atoms with Gasteiger partial charge in [0.2, 0.25) is 0 Å². The summed E-state index contributed by atoms with van der Waals surface area (Å²) in [6.45, 7) is 13.9. The van der Waals surface area contributed by atoms with E-state index in [-0.39, 0.29) is 0 Å². The zero-order valence-electron chi connectivity index (χ0n) is 19.3. The zero-order chi connectivity index (χ0) is 21.2. The van der Waals surface area contributed by atoms with Crippen LogP contribution in [0.3, 0.4) is 0 Å². The summed E-state index contributed by atoms with van der Waals surface area (Å²) in [4.78, 5) is 0. The largest absolute Gasteiger partial charge is 0.390 e. The Morgan fingerprint density at radius 3 is 2.52 bits per heavy atom. The van der Waals surface area contributed by atoms with E-state index in [9.17, 15) is 10.2 Å². The molecule has 3 fully saturated rings. The van der Waals surface area contributed by atoms with Crippen LogP contribution in [0.5, 0.6) is 0 Å². The van der Waals surface area contributed by atoms with E-state index in [1.807, 2.05) is 0 Å². The maximum atomic E-state index is 10.0. The highest BCUT2D eigenvalue weighted by molar-refractivity contribution is 5.37. The predicted molar refractivity (Wildman–Crippen MR) is 123 cm³/mol. The van der Waals surface area contributed by atoms with Crippen LogP contribution in [0.1, 0.15) is 91.9 Å². The Kier molecular flexibility index (Phi) is 7.49. The van der Waals surface area contributed by atoms with Gasteiger partial charge in [-0.3, -0.25) is 0 Å². The standard InChI is InChI=1S/C27H44O2/c1-18(2)8-6-9-19(3)23-13-14-24-21(10-7-15-27(23,24)5)11-12-22-17-26(29)25(28)16-20(22)4/h11-12,18-19,23-26,28-29H,4,6-10,13-17H2,1-3,5H3/b21-11+,22-12-/t19-,23-,24+,25?,26?,27-/m1/s1. The molecule has 3 aliphatic rings. The van der Waals surface area contributed by atoms with Crippen molar-refractivity contribution in [3.63, 3.8) is 0 Å². The Labute approximate surface area is 179 Å². The number of rotatable bonds is 6. The summed E-state index contributed by atoms with van der Waals surface area (Å²) in [6, 6.07) is 0. The number of hydrogen-bond donors (Lipinski definition) is 2. The maximum Gasteiger partial charge on any atom is 0.0842 e. The molecule has 0 bridgehead atoms. The molecule has 2 N–H and O–H groups in total. The van der Waals surface area contributed by atoms with E-state index in [4.69, 9.17) is 0 Å². The molecule has 0 aliphatic heterocycles. The minimum absolute atomic E-state index is 0.457. The molecule has 3 saturated carbocycles. The van der Waals surface area contributed by atoms with Crippen molar-refractivity contribution in [1.82, 2.24) is 0 Å². The second-order valence-corrected chi connectivity index (χ2v) is 11.0. The summed E-state index contributed by atoms with van der Waals surface area (Å²) < 4.78 is 0. The highest BCUT2D eigenvalue weighted by Crippen LogP contribution is 2.59. The third-order valence-electron chi connectivity index (χ3n) is 8.45. The Hall–Kier alpha value is -0.860. The minimum atomic E-state index is -0.655. The Morgan fingerprint density at radius 2 is 1.79 bits per heavy atom. The smallest absolute Gasteiger partial charge is 0.0842 e. The molecule has 29 heavy (non-hydrogen) atoms. The summed E-state index contributed by atoms with van der Waals surface area (Å²) in [5.74, 6) is 3.23. The number of aliphatic hydroxyl groups excluding tert-OH is 2. The number of fused-ring (bicyclic) bond motifs is 1. The van der Waals surface area contributed by atoms with E-state index in [2.05, 4.69) is 46.4 Å². The van der Waals surface area contributed by atoms with Crippen LogP contribution in [0.15, 0.2) is 35.5 Å². The van der Waals surface area contributed by atoms with Crippen molar-refractivity contribution >= 4 is 0 Å². The summed E-state index contributed by atoms with van der Waals surface area (Å²) >= 11 is 0. The lowest BCUT2D eigenvalue weighted by atomic mass is 9.60. The van der Waals surface area contributed by atoms with Crippen molar-refractivity contribution in [3.8, 4) is 0 Å². The summed E-state index contributed by atoms with van der Waals surface area (Å²) in [7, 11) is 0. The van der Waals surface area contributed by atoms with Gasteiger partial charge in [-0.1, -0.05) is 71.3 Å². The fourth-order valence-electron chi connectivity index (χ4n) is 6.68. The molecule has 2 unspecified atom stereocenters. The normalized spacial score (nSPS) is 39.3. The first-order valence-corrected chi connectivity index (χ1v) is 12.2. The summed E-state index contributed by atoms with van der Waals surface area (Å²) in [5.41, 5.74) is 4.19. The van der Waals surface area contributed by atoms with Crippen LogP contribution in [0.25, 0.3) is 0 Å². The quantitative estimate of drug-likeness (QED) is 0.528. The van der Waals surface area contributed by atoms with E-state index in [0.29, 0.717) is 18.3 Å². The van der Waals surface area contributed by atoms with Crippen molar-refractivity contribution < 1.29 is 10.2 Å². The van der Waals surface area contributed by atoms with Gasteiger partial charge in [0, 0.05) is 12.8 Å². The van der Waals surface area contributed by atoms with Crippen LogP contribution < -0.4 is 0 Å². The molecule has 2 heteroatoms. The summed E-state index contributed by atoms with van der Waals surface area (Å²) in [6.07, 6.45) is 15.0. The van der Waals surface area contributed by atoms with E-state index in [0.717, 1.165) is 34.8 Å². The van der Waals surface area contributed by atoms with Crippen molar-refractivity contribution in [1.29, 1.82) is 0 Å². The highest BCUT2D eigenvalue weighted by Gasteiger charge is 2.50. The van der Waals surface area contributed by atoms with Gasteiger partial charge in [0.05, 0.1) is 12.2 Å². The molecule has 0 spiro atoms. The second-order valence-electron chi connectivity index (χ2n) is 11.0. The average molecular weight is 401 g/mol. The zero-order valence-corrected chi connectivity index (χ0v) is 19.3. The van der Waals surface area contributed by atoms with Crippen LogP contribution in [0.4, 0.5) is 0 Å². The van der Waals surface area contributed by atoms with Crippen molar-refractivity contribution in [3.05, 3.63) is 35.5 Å². The van der Waals surface area contributed by atoms with Gasteiger partial charge in [0.15, 0.2) is 0 Å². The highest BCUT2D eigenvalue weighted by atomic mass is 16.3. The van der Waals surface area contributed by atoms with Crippen LogP contribution >= 0.6 is 0 Å². The van der Waals surface area contributed by atoms with Gasteiger partial charge in [-0.05, 0) is 72.3 Å². The number of hydrogen-bond acceptors (Lipinski definition) is 2. The molecule has 3 aliphatic carbocycles. The van der Waals surface area contributed by atoms with Gasteiger partial charge >= 0.3 is 0 Å². The number of aliphatic hydroxyl groups is 2. The third-order valence-corrected chi connectivity index (χ3v) is 8.45. The average Bonchev–Trinajstić information content (AvgIpc) is 3.01. The van der Waals surface area contributed by atoms with Crippen LogP contribution in [0, 0.1) is 29.1 Å². The molecule has 0 heterocycles. The second kappa shape index (κ2) is 9.52. The van der Waals surface area contributed by atoms with E-state index in [1.54, 1.807) is 5.57 Å². The van der Waals surface area contributed by atoms with E-state index < -0.39 is 12.2 Å². The maximum absolute atomic E-state index is 10.0. The molecule has 0 aromatic carbocycles. The molecular weight excluding hydrogens is 356 g/mol. The Bertz CT molecular complexity index is 643. The van der Waals surface area contributed by atoms with Gasteiger partial charge in [-0.2, -0.15) is 0 Å². The summed E-state index contributed by atoms with van der Waals surface area (Å²) in [5, 5.41) is 19.9. The lowest BCUT2D eigenvalue weighted by Crippen LogP contribution is -2.36. The molecule has 0 amide bonds. The molecule has 0 saturated heterocycles. The molecule has 0 aromatic heterocycles. The first-order valence-electron chi connectivity index (χ1n) is 12.2. The van der Waals surface area contributed by atoms with Crippen LogP contribution in [0.2, 0.25) is 0 Å². The van der Waals surface area contributed by atoms with Crippen molar-refractivity contribution in [2.24, 2.45) is 29.1 Å². The molecule has 0 radical (unpaired) electrons. The van der Waals surface area contributed by atoms with Gasteiger partial charge in [-0.15, -0.1) is 0 Å². The SMILES string of the molecule is C=C1CC(O)C(O)C/C1=C/C=C1\CCC[C@]2(C)[C@@H]([C@H](C)CCCC(C)C)CC[C@@H]12. The topological polar surface area (TPSA) is 40.5 Å². The number of allylic oxidation sites excluding steroid dienone is 3. The molecule has 0 aromatic rings. The Balaban J connectivity index is 1.70. The van der Waals surface area contributed by atoms with Crippen LogP contribution in [-0.4, -0.2) is 22.4 Å². The molecule has 3 rings (SSSR count). The minimum Gasteiger partial charge on any atom is -0.390 e. The first kappa shape index (κ1) is 22.8. The lowest BCUT2D eigenvalue weighted by molar-refractivity contribution is 0.0138. The van der Waals surface area contributed by atoms with E-state index >= 15 is 0 Å². The molecular formula is C27H44O2. The fraction of sp³-hybridized carbons (Fsp3) is 0.778. The van der Waals surface area contributed by atoms with Crippen molar-refractivity contribution in [2.45, 2.75) is 104 Å². The Morgan fingerprint density at radius 1 is 1.07 bits per heavy atom. The first-order chi connectivity index (χ1) is 13.7. The fourth-order valence-corrected chi connectivity index (χ4v) is 6.68. The molecule has 6 atom stereocenters. The molecule has 2 nitrogen and oxygen atoms in total. The van der Waals surface area contributed by atoms with Gasteiger partial charge < -0.3 is 10.2 Å². The monoisotopic (exact) mass is 400 g/mol. The van der Waals surface area contributed by atoms with Gasteiger partial charge in [0.25, 0.3) is 0 Å².